The van der Waals surface area contributed by atoms with Crippen LogP contribution in [0.3, 0.4) is 0 Å². The second-order valence-electron chi connectivity index (χ2n) is 6.21. The lowest BCUT2D eigenvalue weighted by Gasteiger charge is -2.07. The summed E-state index contributed by atoms with van der Waals surface area (Å²) in [7, 11) is 1.59. The van der Waals surface area contributed by atoms with Crippen molar-refractivity contribution in [3.05, 3.63) is 76.2 Å². The maximum Gasteiger partial charge on any atom is 0.251 e. The van der Waals surface area contributed by atoms with E-state index in [0.717, 1.165) is 10.6 Å². The van der Waals surface area contributed by atoms with Crippen LogP contribution in [0.5, 0.6) is 5.75 Å². The number of carbonyl (C=O) groups is 1. The fourth-order valence-electron chi connectivity index (χ4n) is 2.42. The smallest absolute Gasteiger partial charge is 0.251 e. The molecular formula is C21H21N3O3S2. The number of amides is 1. The van der Waals surface area contributed by atoms with Gasteiger partial charge in [-0.1, -0.05) is 29.5 Å². The van der Waals surface area contributed by atoms with Gasteiger partial charge in [-0.3, -0.25) is 9.59 Å². The first-order valence-corrected chi connectivity index (χ1v) is 10.9. The van der Waals surface area contributed by atoms with E-state index in [1.54, 1.807) is 43.1 Å². The summed E-state index contributed by atoms with van der Waals surface area (Å²) in [6, 6.07) is 16.8. The molecule has 150 valence electrons. The van der Waals surface area contributed by atoms with E-state index >= 15 is 0 Å². The number of hydrogen-bond donors (Lipinski definition) is 2. The van der Waals surface area contributed by atoms with Gasteiger partial charge in [0.25, 0.3) is 5.56 Å². The number of ether oxygens (including phenoxy) is 1. The average Bonchev–Trinajstić information content (AvgIpc) is 2.72. The van der Waals surface area contributed by atoms with Crippen LogP contribution in [0.15, 0.2) is 69.4 Å². The third kappa shape index (κ3) is 6.69. The molecule has 0 aliphatic rings. The summed E-state index contributed by atoms with van der Waals surface area (Å²) in [4.78, 5) is 32.3. The molecule has 2 N–H and O–H groups in total. The number of nitrogens with one attached hydrogen (secondary N) is 2. The van der Waals surface area contributed by atoms with E-state index in [-0.39, 0.29) is 17.2 Å². The number of anilines is 1. The van der Waals surface area contributed by atoms with Gasteiger partial charge in [-0.2, -0.15) is 0 Å². The van der Waals surface area contributed by atoms with Gasteiger partial charge in [0.05, 0.1) is 18.6 Å². The monoisotopic (exact) mass is 427 g/mol. The van der Waals surface area contributed by atoms with E-state index in [4.69, 9.17) is 4.74 Å². The van der Waals surface area contributed by atoms with Gasteiger partial charge in [0.2, 0.25) is 5.91 Å². The Kier molecular flexibility index (Phi) is 7.37. The molecule has 0 bridgehead atoms. The molecule has 0 fully saturated rings. The molecule has 29 heavy (non-hydrogen) atoms. The van der Waals surface area contributed by atoms with Gasteiger partial charge in [0.15, 0.2) is 5.16 Å². The van der Waals surface area contributed by atoms with Crippen molar-refractivity contribution in [1.82, 2.24) is 9.97 Å². The minimum Gasteiger partial charge on any atom is -0.497 e. The normalized spacial score (nSPS) is 10.6. The van der Waals surface area contributed by atoms with Gasteiger partial charge in [-0.25, -0.2) is 4.98 Å². The van der Waals surface area contributed by atoms with E-state index < -0.39 is 0 Å². The second kappa shape index (κ2) is 10.2. The van der Waals surface area contributed by atoms with Crippen molar-refractivity contribution in [3.8, 4) is 5.75 Å². The Morgan fingerprint density at radius 2 is 1.83 bits per heavy atom. The number of aromatic amines is 1. The van der Waals surface area contributed by atoms with Crippen molar-refractivity contribution in [2.45, 2.75) is 22.7 Å². The molecule has 0 saturated heterocycles. The van der Waals surface area contributed by atoms with E-state index in [0.29, 0.717) is 22.3 Å². The molecule has 3 rings (SSSR count). The number of methoxy groups -OCH3 is 1. The van der Waals surface area contributed by atoms with Crippen LogP contribution < -0.4 is 15.6 Å². The number of aryl methyl sites for hydroxylation is 1. The molecule has 0 atom stereocenters. The van der Waals surface area contributed by atoms with Gasteiger partial charge in [-0.05, 0) is 43.3 Å². The number of aromatic nitrogens is 2. The molecule has 8 heteroatoms. The first kappa shape index (κ1) is 21.0. The maximum atomic E-state index is 12.2. The summed E-state index contributed by atoms with van der Waals surface area (Å²) in [5.74, 6) is 1.27. The molecule has 0 unspecified atom stereocenters. The molecule has 0 spiro atoms. The topological polar surface area (TPSA) is 84.1 Å². The van der Waals surface area contributed by atoms with Crippen LogP contribution in [0.1, 0.15) is 11.3 Å². The number of H-pyrrole nitrogens is 1. The molecule has 0 saturated carbocycles. The summed E-state index contributed by atoms with van der Waals surface area (Å²) in [5.41, 5.74) is 2.34. The summed E-state index contributed by atoms with van der Waals surface area (Å²) < 4.78 is 5.09. The quantitative estimate of drug-likeness (QED) is 0.416. The lowest BCUT2D eigenvalue weighted by molar-refractivity contribution is -0.113. The summed E-state index contributed by atoms with van der Waals surface area (Å²) in [6.07, 6.45) is 0. The van der Waals surface area contributed by atoms with Crippen LogP contribution in [0, 0.1) is 6.92 Å². The maximum absolute atomic E-state index is 12.2. The Labute approximate surface area is 177 Å². The first-order chi connectivity index (χ1) is 14.0. The van der Waals surface area contributed by atoms with Gasteiger partial charge in [0.1, 0.15) is 5.75 Å². The highest BCUT2D eigenvalue weighted by molar-refractivity contribution is 7.99. The van der Waals surface area contributed by atoms with Crippen LogP contribution in [-0.4, -0.2) is 28.7 Å². The Balaban J connectivity index is 1.55. The SMILES string of the molecule is COc1ccc(NC(=O)CSc2nc(CSc3ccc(C)cc3)cc(=O)[nH]2)cc1. The summed E-state index contributed by atoms with van der Waals surface area (Å²) in [5, 5.41) is 3.24. The highest BCUT2D eigenvalue weighted by Crippen LogP contribution is 2.23. The lowest BCUT2D eigenvalue weighted by Crippen LogP contribution is -2.15. The zero-order valence-corrected chi connectivity index (χ0v) is 17.7. The Morgan fingerprint density at radius 1 is 1.10 bits per heavy atom. The first-order valence-electron chi connectivity index (χ1n) is 8.88. The highest BCUT2D eigenvalue weighted by Gasteiger charge is 2.08. The van der Waals surface area contributed by atoms with Crippen LogP contribution in [-0.2, 0) is 10.5 Å². The number of thioether (sulfide) groups is 2. The van der Waals surface area contributed by atoms with Crippen molar-refractivity contribution in [1.29, 1.82) is 0 Å². The molecule has 0 aliphatic heterocycles. The zero-order valence-electron chi connectivity index (χ0n) is 16.1. The molecule has 3 aromatic rings. The molecule has 1 amide bonds. The molecular weight excluding hydrogens is 406 g/mol. The van der Waals surface area contributed by atoms with Gasteiger partial charge >= 0.3 is 0 Å². The fraction of sp³-hybridized carbons (Fsp3) is 0.190. The zero-order chi connectivity index (χ0) is 20.6. The molecule has 0 aliphatic carbocycles. The molecule has 1 aromatic heterocycles. The summed E-state index contributed by atoms with van der Waals surface area (Å²) in [6.45, 7) is 2.04. The third-order valence-electron chi connectivity index (χ3n) is 3.89. The fourth-order valence-corrected chi connectivity index (χ4v) is 3.91. The number of rotatable bonds is 8. The molecule has 1 heterocycles. The van der Waals surface area contributed by atoms with Crippen LogP contribution in [0.4, 0.5) is 5.69 Å². The van der Waals surface area contributed by atoms with Crippen molar-refractivity contribution >= 4 is 35.1 Å². The molecule has 6 nitrogen and oxygen atoms in total. The van der Waals surface area contributed by atoms with E-state index in [1.807, 2.05) is 19.1 Å². The van der Waals surface area contributed by atoms with Gasteiger partial charge in [-0.15, -0.1) is 11.8 Å². The highest BCUT2D eigenvalue weighted by atomic mass is 32.2. The van der Waals surface area contributed by atoms with Crippen LogP contribution in [0.2, 0.25) is 0 Å². The molecule has 0 radical (unpaired) electrons. The predicted octanol–water partition coefficient (Wildman–Crippen LogP) is 4.11. The van der Waals surface area contributed by atoms with Crippen molar-refractivity contribution in [2.24, 2.45) is 0 Å². The number of nitrogens with zero attached hydrogens (tertiary/aromatic N) is 1. The van der Waals surface area contributed by atoms with E-state index in [9.17, 15) is 9.59 Å². The van der Waals surface area contributed by atoms with Crippen molar-refractivity contribution < 1.29 is 9.53 Å². The lowest BCUT2D eigenvalue weighted by atomic mass is 10.2. The largest absolute Gasteiger partial charge is 0.497 e. The minimum atomic E-state index is -0.224. The predicted molar refractivity (Wildman–Crippen MR) is 118 cm³/mol. The molecule has 2 aromatic carbocycles. The Bertz CT molecular complexity index is 1020. The number of carbonyl (C=O) groups excluding carboxylic acids is 1. The van der Waals surface area contributed by atoms with E-state index in [1.165, 1.54) is 23.4 Å². The third-order valence-corrected chi connectivity index (χ3v) is 5.81. The Hall–Kier alpha value is -2.71. The van der Waals surface area contributed by atoms with Crippen LogP contribution >= 0.6 is 23.5 Å². The standard InChI is InChI=1S/C21H21N3O3S2/c1-14-3-9-18(10-4-14)28-12-16-11-19(25)24-21(23-16)29-13-20(26)22-15-5-7-17(27-2)8-6-15/h3-11H,12-13H2,1-2H3,(H,22,26)(H,23,24,25). The average molecular weight is 428 g/mol. The minimum absolute atomic E-state index is 0.142. The number of hydrogen-bond acceptors (Lipinski definition) is 6. The van der Waals surface area contributed by atoms with Gasteiger partial charge < -0.3 is 15.0 Å². The van der Waals surface area contributed by atoms with Crippen molar-refractivity contribution in [3.63, 3.8) is 0 Å². The Morgan fingerprint density at radius 3 is 2.52 bits per heavy atom. The van der Waals surface area contributed by atoms with Crippen LogP contribution in [0.25, 0.3) is 0 Å². The second-order valence-corrected chi connectivity index (χ2v) is 8.22. The number of benzene rings is 2. The van der Waals surface area contributed by atoms with E-state index in [2.05, 4.69) is 27.4 Å². The van der Waals surface area contributed by atoms with Gasteiger partial charge in [0, 0.05) is 22.4 Å². The summed E-state index contributed by atoms with van der Waals surface area (Å²) >= 11 is 2.81. The van der Waals surface area contributed by atoms with Crippen molar-refractivity contribution in [2.75, 3.05) is 18.2 Å².